The van der Waals surface area contributed by atoms with Gasteiger partial charge in [0.05, 0.1) is 5.02 Å². The minimum Gasteiger partial charge on any atom is -0.490 e. The molecule has 1 N–H and O–H groups in total. The molecule has 0 heterocycles. The molecule has 0 aliphatic heterocycles. The van der Waals surface area contributed by atoms with E-state index in [9.17, 15) is 0 Å². The minimum atomic E-state index is 0.457. The Hall–Kier alpha value is -1.38. The van der Waals surface area contributed by atoms with Crippen molar-refractivity contribution in [3.05, 3.63) is 58.6 Å². The van der Waals surface area contributed by atoms with Crippen LogP contribution in [0.4, 0.5) is 5.69 Å². The van der Waals surface area contributed by atoms with Crippen LogP contribution >= 0.6 is 23.2 Å². The van der Waals surface area contributed by atoms with Gasteiger partial charge in [-0.05, 0) is 24.3 Å². The Morgan fingerprint density at radius 2 is 1.72 bits per heavy atom. The van der Waals surface area contributed by atoms with Crippen molar-refractivity contribution in [3.8, 4) is 5.75 Å². The van der Waals surface area contributed by atoms with Crippen LogP contribution in [0, 0.1) is 0 Å². The summed E-state index contributed by atoms with van der Waals surface area (Å²) in [6, 6.07) is 15.3. The van der Waals surface area contributed by atoms with Crippen LogP contribution in [-0.4, -0.2) is 13.2 Å². The summed E-state index contributed by atoms with van der Waals surface area (Å²) in [6.07, 6.45) is 0. The zero-order chi connectivity index (χ0) is 12.8. The van der Waals surface area contributed by atoms with E-state index >= 15 is 0 Å². The molecule has 0 saturated heterocycles. The van der Waals surface area contributed by atoms with Crippen molar-refractivity contribution in [1.29, 1.82) is 0 Å². The number of anilines is 1. The quantitative estimate of drug-likeness (QED) is 0.816. The zero-order valence-corrected chi connectivity index (χ0v) is 11.2. The van der Waals surface area contributed by atoms with E-state index in [-0.39, 0.29) is 0 Å². The Morgan fingerprint density at radius 3 is 2.50 bits per heavy atom. The van der Waals surface area contributed by atoms with Crippen LogP contribution in [0.25, 0.3) is 0 Å². The highest BCUT2D eigenvalue weighted by molar-refractivity contribution is 6.42. The average Bonchev–Trinajstić information content (AvgIpc) is 2.40. The molecule has 0 aliphatic rings. The second kappa shape index (κ2) is 6.53. The number of rotatable bonds is 5. The Balaban J connectivity index is 1.81. The third-order valence-electron chi connectivity index (χ3n) is 2.38. The Labute approximate surface area is 116 Å². The van der Waals surface area contributed by atoms with Gasteiger partial charge in [0.15, 0.2) is 0 Å². The molecule has 18 heavy (non-hydrogen) atoms. The van der Waals surface area contributed by atoms with Crippen LogP contribution in [0.1, 0.15) is 0 Å². The summed E-state index contributed by atoms with van der Waals surface area (Å²) in [7, 11) is 0. The van der Waals surface area contributed by atoms with E-state index in [0.717, 1.165) is 5.69 Å². The van der Waals surface area contributed by atoms with Gasteiger partial charge in [0, 0.05) is 12.2 Å². The van der Waals surface area contributed by atoms with Crippen molar-refractivity contribution in [2.45, 2.75) is 0 Å². The Morgan fingerprint density at radius 1 is 0.944 bits per heavy atom. The summed E-state index contributed by atoms with van der Waals surface area (Å²) < 4.78 is 5.56. The van der Waals surface area contributed by atoms with E-state index in [4.69, 9.17) is 27.9 Å². The molecule has 94 valence electrons. The van der Waals surface area contributed by atoms with Gasteiger partial charge in [0.25, 0.3) is 0 Å². The molecule has 2 nitrogen and oxygen atoms in total. The molecule has 0 radical (unpaired) electrons. The fourth-order valence-electron chi connectivity index (χ4n) is 1.51. The first-order valence-electron chi connectivity index (χ1n) is 5.63. The van der Waals surface area contributed by atoms with Crippen molar-refractivity contribution in [2.75, 3.05) is 18.5 Å². The minimum absolute atomic E-state index is 0.457. The lowest BCUT2D eigenvalue weighted by molar-refractivity contribution is 0.333. The van der Waals surface area contributed by atoms with Gasteiger partial charge < -0.3 is 10.1 Å². The molecule has 2 aromatic carbocycles. The molecule has 0 aliphatic carbocycles. The van der Waals surface area contributed by atoms with Crippen molar-refractivity contribution < 1.29 is 4.74 Å². The first kappa shape index (κ1) is 13.1. The fraction of sp³-hybridized carbons (Fsp3) is 0.143. The highest BCUT2D eigenvalue weighted by Crippen LogP contribution is 2.31. The molecule has 0 aromatic heterocycles. The summed E-state index contributed by atoms with van der Waals surface area (Å²) in [6.45, 7) is 1.22. The number of para-hydroxylation sites is 1. The maximum atomic E-state index is 6.01. The topological polar surface area (TPSA) is 21.3 Å². The number of hydrogen-bond donors (Lipinski definition) is 1. The number of hydrogen-bond acceptors (Lipinski definition) is 2. The molecule has 0 spiro atoms. The maximum absolute atomic E-state index is 6.01. The molecular formula is C14H13Cl2NO. The predicted molar refractivity (Wildman–Crippen MR) is 76.9 cm³/mol. The van der Waals surface area contributed by atoms with Gasteiger partial charge in [-0.2, -0.15) is 0 Å². The summed E-state index contributed by atoms with van der Waals surface area (Å²) in [4.78, 5) is 0. The fourth-order valence-corrected chi connectivity index (χ4v) is 1.85. The second-order valence-corrected chi connectivity index (χ2v) is 4.48. The molecule has 0 amide bonds. The number of benzene rings is 2. The van der Waals surface area contributed by atoms with Crippen molar-refractivity contribution in [2.24, 2.45) is 0 Å². The predicted octanol–water partition coefficient (Wildman–Crippen LogP) is 4.48. The maximum Gasteiger partial charge on any atom is 0.139 e. The summed E-state index contributed by atoms with van der Waals surface area (Å²) in [5.74, 6) is 0.610. The second-order valence-electron chi connectivity index (χ2n) is 3.69. The summed E-state index contributed by atoms with van der Waals surface area (Å²) in [5.41, 5.74) is 1.07. The average molecular weight is 282 g/mol. The molecule has 2 rings (SSSR count). The van der Waals surface area contributed by atoms with Crippen LogP contribution in [0.3, 0.4) is 0 Å². The largest absolute Gasteiger partial charge is 0.490 e. The number of ether oxygens (including phenoxy) is 1. The molecule has 4 heteroatoms. The van der Waals surface area contributed by atoms with Crippen LogP contribution < -0.4 is 10.1 Å². The lowest BCUT2D eigenvalue weighted by atomic mass is 10.3. The van der Waals surface area contributed by atoms with Gasteiger partial charge in [-0.1, -0.05) is 47.5 Å². The van der Waals surface area contributed by atoms with Crippen molar-refractivity contribution in [3.63, 3.8) is 0 Å². The van der Waals surface area contributed by atoms with Gasteiger partial charge in [-0.3, -0.25) is 0 Å². The lowest BCUT2D eigenvalue weighted by Crippen LogP contribution is -2.11. The van der Waals surface area contributed by atoms with Gasteiger partial charge in [0.1, 0.15) is 17.4 Å². The SMILES string of the molecule is Clc1cccc(OCCNc2ccccc2)c1Cl. The smallest absolute Gasteiger partial charge is 0.139 e. The molecule has 0 fully saturated rings. The van der Waals surface area contributed by atoms with E-state index < -0.39 is 0 Å². The van der Waals surface area contributed by atoms with Gasteiger partial charge in [0.2, 0.25) is 0 Å². The van der Waals surface area contributed by atoms with Crippen LogP contribution in [-0.2, 0) is 0 Å². The molecule has 0 saturated carbocycles. The molecule has 0 atom stereocenters. The molecule has 0 bridgehead atoms. The lowest BCUT2D eigenvalue weighted by Gasteiger charge is -2.10. The van der Waals surface area contributed by atoms with E-state index in [2.05, 4.69) is 5.32 Å². The highest BCUT2D eigenvalue weighted by atomic mass is 35.5. The van der Waals surface area contributed by atoms with Gasteiger partial charge in [-0.25, -0.2) is 0 Å². The van der Waals surface area contributed by atoms with Crippen molar-refractivity contribution >= 4 is 28.9 Å². The van der Waals surface area contributed by atoms with Crippen LogP contribution in [0.5, 0.6) is 5.75 Å². The number of nitrogens with one attached hydrogen (secondary N) is 1. The molecular weight excluding hydrogens is 269 g/mol. The highest BCUT2D eigenvalue weighted by Gasteiger charge is 2.04. The Bertz CT molecular complexity index is 502. The van der Waals surface area contributed by atoms with E-state index in [0.29, 0.717) is 28.9 Å². The first-order valence-corrected chi connectivity index (χ1v) is 6.38. The Kier molecular flexibility index (Phi) is 4.73. The third-order valence-corrected chi connectivity index (χ3v) is 3.18. The van der Waals surface area contributed by atoms with E-state index in [1.807, 2.05) is 36.4 Å². The molecule has 2 aromatic rings. The zero-order valence-electron chi connectivity index (χ0n) is 9.70. The number of halogens is 2. The van der Waals surface area contributed by atoms with Crippen molar-refractivity contribution in [1.82, 2.24) is 0 Å². The summed E-state index contributed by atoms with van der Waals surface area (Å²) >= 11 is 11.9. The van der Waals surface area contributed by atoms with Crippen LogP contribution in [0.15, 0.2) is 48.5 Å². The van der Waals surface area contributed by atoms with Gasteiger partial charge in [-0.15, -0.1) is 0 Å². The van der Waals surface area contributed by atoms with E-state index in [1.165, 1.54) is 0 Å². The van der Waals surface area contributed by atoms with Crippen LogP contribution in [0.2, 0.25) is 10.0 Å². The van der Waals surface area contributed by atoms with Gasteiger partial charge >= 0.3 is 0 Å². The van der Waals surface area contributed by atoms with E-state index in [1.54, 1.807) is 12.1 Å². The normalized spacial score (nSPS) is 10.1. The standard InChI is InChI=1S/C14H13Cl2NO/c15-12-7-4-8-13(14(12)16)18-10-9-17-11-5-2-1-3-6-11/h1-8,17H,9-10H2. The summed E-state index contributed by atoms with van der Waals surface area (Å²) in [5, 5.41) is 4.21. The first-order chi connectivity index (χ1) is 8.77. The monoisotopic (exact) mass is 281 g/mol. The third kappa shape index (κ3) is 3.56. The molecule has 0 unspecified atom stereocenters.